The number of carboxylic acids is 1. The van der Waals surface area contributed by atoms with Crippen molar-refractivity contribution in [1.29, 1.82) is 0 Å². The second-order valence-corrected chi connectivity index (χ2v) is 7.72. The van der Waals surface area contributed by atoms with E-state index < -0.39 is 12.0 Å². The first-order valence-corrected chi connectivity index (χ1v) is 7.40. The van der Waals surface area contributed by atoms with Crippen LogP contribution in [-0.4, -0.2) is 40.5 Å². The van der Waals surface area contributed by atoms with Crippen LogP contribution in [0.3, 0.4) is 0 Å². The Bertz CT molecular complexity index is 421. The number of hydrogen-bond acceptors (Lipinski definition) is 3. The zero-order valence-corrected chi connectivity index (χ0v) is 12.7. The molecule has 1 aliphatic heterocycles. The highest BCUT2D eigenvalue weighted by atomic mass is 16.4. The first kappa shape index (κ1) is 15.3. The Kier molecular flexibility index (Phi) is 3.84. The quantitative estimate of drug-likeness (QED) is 0.820. The van der Waals surface area contributed by atoms with Gasteiger partial charge in [0.05, 0.1) is 6.04 Å². The van der Waals surface area contributed by atoms with Crippen LogP contribution in [0, 0.1) is 10.8 Å². The summed E-state index contributed by atoms with van der Waals surface area (Å²) in [4.78, 5) is 25.0. The smallest absolute Gasteiger partial charge is 0.303 e. The van der Waals surface area contributed by atoms with Gasteiger partial charge in [-0.1, -0.05) is 20.8 Å². The molecule has 20 heavy (non-hydrogen) atoms. The molecule has 1 aliphatic carbocycles. The lowest BCUT2D eigenvalue weighted by atomic mass is 9.65. The van der Waals surface area contributed by atoms with Crippen molar-refractivity contribution in [3.05, 3.63) is 0 Å². The van der Waals surface area contributed by atoms with E-state index in [1.54, 1.807) is 0 Å². The minimum atomic E-state index is -0.901. The van der Waals surface area contributed by atoms with E-state index in [9.17, 15) is 9.59 Å². The van der Waals surface area contributed by atoms with Gasteiger partial charge < -0.3 is 15.7 Å². The Morgan fingerprint density at radius 3 is 2.60 bits per heavy atom. The predicted octanol–water partition coefficient (Wildman–Crippen LogP) is 1.61. The van der Waals surface area contributed by atoms with Gasteiger partial charge in [-0.3, -0.25) is 9.59 Å². The van der Waals surface area contributed by atoms with Crippen LogP contribution in [0.25, 0.3) is 0 Å². The maximum atomic E-state index is 12.5. The van der Waals surface area contributed by atoms with Crippen molar-refractivity contribution in [2.24, 2.45) is 16.6 Å². The average Bonchev–Trinajstić information content (AvgIpc) is 2.54. The third kappa shape index (κ3) is 3.14. The zero-order valence-electron chi connectivity index (χ0n) is 12.7. The van der Waals surface area contributed by atoms with Gasteiger partial charge in [0.1, 0.15) is 0 Å². The van der Waals surface area contributed by atoms with Gasteiger partial charge in [0.25, 0.3) is 0 Å². The van der Waals surface area contributed by atoms with Crippen molar-refractivity contribution in [3.8, 4) is 0 Å². The molecule has 1 saturated heterocycles. The number of aliphatic carboxylic acids is 1. The molecule has 1 heterocycles. The third-order valence-electron chi connectivity index (χ3n) is 4.68. The number of nitrogens with two attached hydrogens (primary N) is 1. The fourth-order valence-electron chi connectivity index (χ4n) is 4.33. The molecule has 0 aromatic heterocycles. The number of hydrogen-bond donors (Lipinski definition) is 2. The topological polar surface area (TPSA) is 83.6 Å². The fraction of sp³-hybridized carbons (Fsp3) is 0.867. The van der Waals surface area contributed by atoms with Crippen molar-refractivity contribution in [2.75, 3.05) is 6.54 Å². The molecule has 2 fully saturated rings. The molecule has 5 heteroatoms. The Labute approximate surface area is 120 Å². The molecule has 2 rings (SSSR count). The SMILES string of the molecule is CC1(C)CC2CC(C)(CN2C(=O)C(N)CCC(=O)O)C1. The van der Waals surface area contributed by atoms with Crippen LogP contribution in [0.15, 0.2) is 0 Å². The number of carbonyl (C=O) groups is 2. The number of fused-ring (bicyclic) bond motifs is 2. The molecular formula is C15H26N2O3. The highest BCUT2D eigenvalue weighted by Gasteiger charge is 2.51. The average molecular weight is 282 g/mol. The summed E-state index contributed by atoms with van der Waals surface area (Å²) in [5.74, 6) is -0.973. The van der Waals surface area contributed by atoms with E-state index in [2.05, 4.69) is 20.8 Å². The lowest BCUT2D eigenvalue weighted by Crippen LogP contribution is -2.46. The minimum absolute atomic E-state index is 0.0474. The minimum Gasteiger partial charge on any atom is -0.481 e. The molecule has 114 valence electrons. The lowest BCUT2D eigenvalue weighted by Gasteiger charge is -2.39. The summed E-state index contributed by atoms with van der Waals surface area (Å²) in [6, 6.07) is -0.413. The monoisotopic (exact) mass is 282 g/mol. The van der Waals surface area contributed by atoms with Crippen LogP contribution in [0.4, 0.5) is 0 Å². The van der Waals surface area contributed by atoms with Crippen LogP contribution in [0.2, 0.25) is 0 Å². The summed E-state index contributed by atoms with van der Waals surface area (Å²) in [6.45, 7) is 7.53. The molecule has 3 atom stereocenters. The van der Waals surface area contributed by atoms with Crippen LogP contribution in [0.5, 0.6) is 0 Å². The summed E-state index contributed by atoms with van der Waals surface area (Å²) in [7, 11) is 0. The Morgan fingerprint density at radius 2 is 2.00 bits per heavy atom. The number of rotatable bonds is 4. The fourth-order valence-corrected chi connectivity index (χ4v) is 4.33. The summed E-state index contributed by atoms with van der Waals surface area (Å²) in [5, 5.41) is 8.69. The summed E-state index contributed by atoms with van der Waals surface area (Å²) in [5.41, 5.74) is 6.34. The Balaban J connectivity index is 2.03. The van der Waals surface area contributed by atoms with Gasteiger partial charge in [0.15, 0.2) is 0 Å². The van der Waals surface area contributed by atoms with Crippen LogP contribution < -0.4 is 5.73 Å². The highest BCUT2D eigenvalue weighted by molar-refractivity contribution is 5.83. The van der Waals surface area contributed by atoms with Gasteiger partial charge in [-0.15, -0.1) is 0 Å². The van der Waals surface area contributed by atoms with Gasteiger partial charge in [0, 0.05) is 19.0 Å². The molecule has 3 unspecified atom stereocenters. The number of carboxylic acid groups (broad SMARTS) is 1. The van der Waals surface area contributed by atoms with Gasteiger partial charge in [-0.05, 0) is 36.5 Å². The van der Waals surface area contributed by atoms with Gasteiger partial charge in [0.2, 0.25) is 5.91 Å². The second-order valence-electron chi connectivity index (χ2n) is 7.72. The third-order valence-corrected chi connectivity index (χ3v) is 4.68. The first-order chi connectivity index (χ1) is 9.12. The molecule has 2 bridgehead atoms. The maximum Gasteiger partial charge on any atom is 0.303 e. The molecule has 0 spiro atoms. The molecule has 1 amide bonds. The Hall–Kier alpha value is -1.10. The van der Waals surface area contributed by atoms with Gasteiger partial charge >= 0.3 is 5.97 Å². The van der Waals surface area contributed by atoms with Gasteiger partial charge in [-0.2, -0.15) is 0 Å². The van der Waals surface area contributed by atoms with E-state index in [0.717, 1.165) is 25.8 Å². The number of amides is 1. The van der Waals surface area contributed by atoms with Crippen LogP contribution in [-0.2, 0) is 9.59 Å². The molecule has 1 saturated carbocycles. The van der Waals surface area contributed by atoms with E-state index in [1.807, 2.05) is 4.90 Å². The van der Waals surface area contributed by atoms with Crippen molar-refractivity contribution in [3.63, 3.8) is 0 Å². The largest absolute Gasteiger partial charge is 0.481 e. The van der Waals surface area contributed by atoms with Crippen LogP contribution in [0.1, 0.15) is 52.9 Å². The molecule has 0 radical (unpaired) electrons. The lowest BCUT2D eigenvalue weighted by molar-refractivity contribution is -0.138. The van der Waals surface area contributed by atoms with E-state index >= 15 is 0 Å². The van der Waals surface area contributed by atoms with Crippen LogP contribution >= 0.6 is 0 Å². The molecule has 0 aromatic rings. The zero-order chi connectivity index (χ0) is 15.1. The number of carbonyl (C=O) groups excluding carboxylic acids is 1. The number of nitrogens with zero attached hydrogens (tertiary/aromatic N) is 1. The molecule has 2 aliphatic rings. The predicted molar refractivity (Wildman–Crippen MR) is 76.1 cm³/mol. The van der Waals surface area contributed by atoms with Gasteiger partial charge in [-0.25, -0.2) is 0 Å². The van der Waals surface area contributed by atoms with Crippen molar-refractivity contribution in [1.82, 2.24) is 4.90 Å². The molecule has 5 nitrogen and oxygen atoms in total. The highest BCUT2D eigenvalue weighted by Crippen LogP contribution is 2.52. The summed E-state index contributed by atoms with van der Waals surface area (Å²) >= 11 is 0. The maximum absolute atomic E-state index is 12.5. The van der Waals surface area contributed by atoms with E-state index in [1.165, 1.54) is 0 Å². The second kappa shape index (κ2) is 5.02. The van der Waals surface area contributed by atoms with E-state index in [0.29, 0.717) is 0 Å². The van der Waals surface area contributed by atoms with Crippen molar-refractivity contribution in [2.45, 2.75) is 65.0 Å². The van der Waals surface area contributed by atoms with Crippen molar-refractivity contribution < 1.29 is 14.7 Å². The Morgan fingerprint density at radius 1 is 1.35 bits per heavy atom. The first-order valence-electron chi connectivity index (χ1n) is 7.40. The standard InChI is InChI=1S/C15H26N2O3/c1-14(2)6-10-7-15(3,8-14)9-17(10)13(20)11(16)4-5-12(18)19/h10-11H,4-9,16H2,1-3H3,(H,18,19). The molecular weight excluding hydrogens is 256 g/mol. The normalized spacial score (nSPS) is 33.0. The molecule has 3 N–H and O–H groups in total. The van der Waals surface area contributed by atoms with Crippen molar-refractivity contribution >= 4 is 11.9 Å². The molecule has 0 aromatic carbocycles. The summed E-state index contributed by atoms with van der Waals surface area (Å²) < 4.78 is 0. The van der Waals surface area contributed by atoms with E-state index in [4.69, 9.17) is 10.8 Å². The summed E-state index contributed by atoms with van der Waals surface area (Å²) in [6.07, 6.45) is 3.37. The van der Waals surface area contributed by atoms with E-state index in [-0.39, 0.29) is 35.6 Å². The number of likely N-dealkylation sites (tertiary alicyclic amines) is 1.